The molecule has 1 aliphatic heterocycles. The molecule has 2 aliphatic rings. The Bertz CT molecular complexity index is 448. The van der Waals surface area contributed by atoms with Gasteiger partial charge in [0.2, 0.25) is 5.91 Å². The Morgan fingerprint density at radius 3 is 2.70 bits per heavy atom. The minimum Gasteiger partial charge on any atom is -0.493 e. The number of anilines is 1. The third kappa shape index (κ3) is 3.97. The Hall–Kier alpha value is -1.55. The van der Waals surface area contributed by atoms with Crippen LogP contribution in [0.15, 0.2) is 24.3 Å². The van der Waals surface area contributed by atoms with Gasteiger partial charge in [-0.25, -0.2) is 0 Å². The summed E-state index contributed by atoms with van der Waals surface area (Å²) in [5.74, 6) is 1.72. The zero-order chi connectivity index (χ0) is 13.8. The average molecular weight is 274 g/mol. The highest BCUT2D eigenvalue weighted by molar-refractivity contribution is 5.91. The molecule has 3 rings (SSSR count). The largest absolute Gasteiger partial charge is 0.493 e. The Kier molecular flexibility index (Phi) is 4.21. The van der Waals surface area contributed by atoms with Crippen LogP contribution >= 0.6 is 0 Å². The molecular weight excluding hydrogens is 252 g/mol. The number of rotatable bonds is 6. The topological polar surface area (TPSA) is 50.4 Å². The molecule has 0 spiro atoms. The molecule has 1 aromatic carbocycles. The number of carbonyl (C=O) groups is 1. The maximum absolute atomic E-state index is 11.9. The number of amides is 1. The molecule has 4 nitrogen and oxygen atoms in total. The van der Waals surface area contributed by atoms with Crippen LogP contribution in [0, 0.1) is 5.92 Å². The van der Waals surface area contributed by atoms with Gasteiger partial charge in [-0.3, -0.25) is 4.79 Å². The molecule has 0 bridgehead atoms. The summed E-state index contributed by atoms with van der Waals surface area (Å²) in [5, 5.41) is 6.27. The summed E-state index contributed by atoms with van der Waals surface area (Å²) in [6.07, 6.45) is 5.42. The Labute approximate surface area is 119 Å². The van der Waals surface area contributed by atoms with Crippen molar-refractivity contribution in [2.45, 2.75) is 38.1 Å². The van der Waals surface area contributed by atoms with Gasteiger partial charge in [-0.15, -0.1) is 0 Å². The molecule has 1 aliphatic carbocycles. The van der Waals surface area contributed by atoms with Crippen molar-refractivity contribution >= 4 is 11.6 Å². The molecule has 1 saturated heterocycles. The van der Waals surface area contributed by atoms with Crippen molar-refractivity contribution in [1.82, 2.24) is 5.32 Å². The van der Waals surface area contributed by atoms with Crippen molar-refractivity contribution in [3.8, 4) is 5.75 Å². The van der Waals surface area contributed by atoms with Gasteiger partial charge in [-0.05, 0) is 62.4 Å². The highest BCUT2D eigenvalue weighted by atomic mass is 16.5. The van der Waals surface area contributed by atoms with Crippen LogP contribution in [-0.2, 0) is 4.79 Å². The van der Waals surface area contributed by atoms with E-state index in [1.54, 1.807) is 0 Å². The molecule has 1 heterocycles. The van der Waals surface area contributed by atoms with E-state index in [4.69, 9.17) is 4.74 Å². The molecule has 108 valence electrons. The molecule has 2 fully saturated rings. The van der Waals surface area contributed by atoms with Gasteiger partial charge >= 0.3 is 0 Å². The van der Waals surface area contributed by atoms with Crippen molar-refractivity contribution in [2.24, 2.45) is 5.92 Å². The fraction of sp³-hybridized carbons (Fsp3) is 0.562. The van der Waals surface area contributed by atoms with Gasteiger partial charge in [0, 0.05) is 18.2 Å². The third-order valence-electron chi connectivity index (χ3n) is 3.91. The first-order chi connectivity index (χ1) is 9.79. The van der Waals surface area contributed by atoms with Gasteiger partial charge in [0.05, 0.1) is 6.61 Å². The average Bonchev–Trinajstić information content (AvgIpc) is 3.14. The molecule has 1 aromatic rings. The van der Waals surface area contributed by atoms with Crippen LogP contribution in [0.4, 0.5) is 5.69 Å². The predicted molar refractivity (Wildman–Crippen MR) is 78.9 cm³/mol. The van der Waals surface area contributed by atoms with Gasteiger partial charge in [-0.2, -0.15) is 0 Å². The lowest BCUT2D eigenvalue weighted by atomic mass is 10.1. The summed E-state index contributed by atoms with van der Waals surface area (Å²) in [6.45, 7) is 1.85. The van der Waals surface area contributed by atoms with Crippen molar-refractivity contribution in [2.75, 3.05) is 18.5 Å². The number of hydrogen-bond acceptors (Lipinski definition) is 3. The maximum Gasteiger partial charge on any atom is 0.225 e. The maximum atomic E-state index is 11.9. The van der Waals surface area contributed by atoms with E-state index in [0.29, 0.717) is 12.5 Å². The van der Waals surface area contributed by atoms with Crippen LogP contribution in [0.2, 0.25) is 0 Å². The van der Waals surface area contributed by atoms with Crippen LogP contribution in [0.3, 0.4) is 0 Å². The van der Waals surface area contributed by atoms with Gasteiger partial charge in [-0.1, -0.05) is 0 Å². The smallest absolute Gasteiger partial charge is 0.225 e. The van der Waals surface area contributed by atoms with Gasteiger partial charge in [0.15, 0.2) is 0 Å². The van der Waals surface area contributed by atoms with Crippen molar-refractivity contribution in [3.63, 3.8) is 0 Å². The number of ether oxygens (including phenoxy) is 1. The number of benzene rings is 1. The van der Waals surface area contributed by atoms with E-state index < -0.39 is 0 Å². The minimum absolute atomic E-state index is 0.0797. The van der Waals surface area contributed by atoms with E-state index in [2.05, 4.69) is 10.6 Å². The third-order valence-corrected chi connectivity index (χ3v) is 3.91. The Morgan fingerprint density at radius 1 is 1.25 bits per heavy atom. The first-order valence-electron chi connectivity index (χ1n) is 7.56. The van der Waals surface area contributed by atoms with E-state index in [1.165, 1.54) is 19.3 Å². The summed E-state index contributed by atoms with van der Waals surface area (Å²) in [4.78, 5) is 11.9. The quantitative estimate of drug-likeness (QED) is 0.838. The molecule has 0 aromatic heterocycles. The summed E-state index contributed by atoms with van der Waals surface area (Å²) in [6, 6.07) is 8.00. The predicted octanol–water partition coefficient (Wildman–Crippen LogP) is 2.56. The fourth-order valence-corrected chi connectivity index (χ4v) is 2.50. The molecule has 20 heavy (non-hydrogen) atoms. The molecule has 1 amide bonds. The van der Waals surface area contributed by atoms with Crippen LogP contribution in [-0.4, -0.2) is 25.1 Å². The second-order valence-electron chi connectivity index (χ2n) is 5.82. The van der Waals surface area contributed by atoms with Crippen LogP contribution in [0.1, 0.15) is 32.1 Å². The SMILES string of the molecule is O=C(CC1CCCN1)Nc1ccc(OCC2CC2)cc1. The zero-order valence-electron chi connectivity index (χ0n) is 11.7. The van der Waals surface area contributed by atoms with E-state index >= 15 is 0 Å². The summed E-state index contributed by atoms with van der Waals surface area (Å²) in [7, 11) is 0. The first-order valence-corrected chi connectivity index (χ1v) is 7.56. The molecular formula is C16H22N2O2. The highest BCUT2D eigenvalue weighted by Gasteiger charge is 2.21. The lowest BCUT2D eigenvalue weighted by Crippen LogP contribution is -2.27. The number of carbonyl (C=O) groups excluding carboxylic acids is 1. The molecule has 1 atom stereocenters. The molecule has 0 radical (unpaired) electrons. The highest BCUT2D eigenvalue weighted by Crippen LogP contribution is 2.29. The first kappa shape index (κ1) is 13.4. The van der Waals surface area contributed by atoms with Crippen molar-refractivity contribution < 1.29 is 9.53 Å². The Morgan fingerprint density at radius 2 is 2.05 bits per heavy atom. The molecule has 4 heteroatoms. The van der Waals surface area contributed by atoms with E-state index in [-0.39, 0.29) is 5.91 Å². The van der Waals surface area contributed by atoms with E-state index in [9.17, 15) is 4.79 Å². The molecule has 2 N–H and O–H groups in total. The van der Waals surface area contributed by atoms with Gasteiger partial charge < -0.3 is 15.4 Å². The normalized spacial score (nSPS) is 21.7. The number of nitrogens with one attached hydrogen (secondary N) is 2. The summed E-state index contributed by atoms with van der Waals surface area (Å²) >= 11 is 0. The van der Waals surface area contributed by atoms with Gasteiger partial charge in [0.25, 0.3) is 0 Å². The Balaban J connectivity index is 1.45. The van der Waals surface area contributed by atoms with Crippen molar-refractivity contribution in [3.05, 3.63) is 24.3 Å². The van der Waals surface area contributed by atoms with Crippen LogP contribution < -0.4 is 15.4 Å². The van der Waals surface area contributed by atoms with Crippen LogP contribution in [0.5, 0.6) is 5.75 Å². The molecule has 1 saturated carbocycles. The summed E-state index contributed by atoms with van der Waals surface area (Å²) < 4.78 is 5.67. The lowest BCUT2D eigenvalue weighted by Gasteiger charge is -2.11. The minimum atomic E-state index is 0.0797. The summed E-state index contributed by atoms with van der Waals surface area (Å²) in [5.41, 5.74) is 0.840. The number of hydrogen-bond donors (Lipinski definition) is 2. The lowest BCUT2D eigenvalue weighted by molar-refractivity contribution is -0.116. The second kappa shape index (κ2) is 6.27. The van der Waals surface area contributed by atoms with Crippen LogP contribution in [0.25, 0.3) is 0 Å². The van der Waals surface area contributed by atoms with E-state index in [1.807, 2.05) is 24.3 Å². The fourth-order valence-electron chi connectivity index (χ4n) is 2.50. The van der Waals surface area contributed by atoms with Crippen molar-refractivity contribution in [1.29, 1.82) is 0 Å². The second-order valence-corrected chi connectivity index (χ2v) is 5.82. The standard InChI is InChI=1S/C16H22N2O2/c19-16(10-14-2-1-9-17-14)18-13-5-7-15(8-6-13)20-11-12-3-4-12/h5-8,12,14,17H,1-4,9-11H2,(H,18,19). The molecule has 1 unspecified atom stereocenters. The van der Waals surface area contributed by atoms with E-state index in [0.717, 1.165) is 36.9 Å². The monoisotopic (exact) mass is 274 g/mol. The van der Waals surface area contributed by atoms with Gasteiger partial charge in [0.1, 0.15) is 5.75 Å². The zero-order valence-corrected chi connectivity index (χ0v) is 11.7.